The summed E-state index contributed by atoms with van der Waals surface area (Å²) in [6, 6.07) is 10.9. The van der Waals surface area contributed by atoms with E-state index in [9.17, 15) is 4.79 Å². The highest BCUT2D eigenvalue weighted by atomic mass is 16.3. The molecule has 0 spiro atoms. The highest BCUT2D eigenvalue weighted by Crippen LogP contribution is 2.21. The Morgan fingerprint density at radius 1 is 1.11 bits per heavy atom. The molecule has 0 saturated carbocycles. The van der Waals surface area contributed by atoms with Crippen LogP contribution in [0.2, 0.25) is 0 Å². The summed E-state index contributed by atoms with van der Waals surface area (Å²) in [5, 5.41) is 3.72. The van der Waals surface area contributed by atoms with Gasteiger partial charge in [0.15, 0.2) is 5.43 Å². The molecular formula is C16H12O2. The van der Waals surface area contributed by atoms with Gasteiger partial charge in [-0.05, 0) is 42.7 Å². The third kappa shape index (κ3) is 1.54. The predicted molar refractivity (Wildman–Crippen MR) is 74.9 cm³/mol. The van der Waals surface area contributed by atoms with Crippen LogP contribution in [0.3, 0.4) is 0 Å². The molecule has 1 heterocycles. The van der Waals surface area contributed by atoms with Gasteiger partial charge in [-0.2, -0.15) is 0 Å². The number of rotatable bonds is 0. The maximum Gasteiger partial charge on any atom is 0.179 e. The minimum atomic E-state index is 0.0119. The monoisotopic (exact) mass is 236 g/mol. The fourth-order valence-corrected chi connectivity index (χ4v) is 2.20. The van der Waals surface area contributed by atoms with Crippen molar-refractivity contribution in [1.82, 2.24) is 0 Å². The Morgan fingerprint density at radius 3 is 2.67 bits per heavy atom. The summed E-state index contributed by atoms with van der Waals surface area (Å²) in [6.45, 7) is 5.88. The van der Waals surface area contributed by atoms with Crippen LogP contribution >= 0.6 is 0 Å². The summed E-state index contributed by atoms with van der Waals surface area (Å²) in [4.78, 5) is 11.3. The van der Waals surface area contributed by atoms with Gasteiger partial charge in [0.2, 0.25) is 0 Å². The molecule has 0 amide bonds. The second-order valence-electron chi connectivity index (χ2n) is 4.29. The zero-order valence-corrected chi connectivity index (χ0v) is 10.1. The molecule has 0 radical (unpaired) electrons. The van der Waals surface area contributed by atoms with Crippen LogP contribution in [0.1, 0.15) is 6.92 Å². The molecule has 0 fully saturated rings. The first-order valence-corrected chi connectivity index (χ1v) is 5.81. The predicted octanol–water partition coefficient (Wildman–Crippen LogP) is 2.16. The third-order valence-corrected chi connectivity index (χ3v) is 3.09. The topological polar surface area (TPSA) is 30.2 Å². The first kappa shape index (κ1) is 10.8. The van der Waals surface area contributed by atoms with Crippen molar-refractivity contribution in [3.8, 4) is 0 Å². The molecule has 0 aliphatic rings. The maximum absolute atomic E-state index is 11.3. The molecule has 3 aromatic rings. The van der Waals surface area contributed by atoms with Crippen molar-refractivity contribution in [3.63, 3.8) is 0 Å². The summed E-state index contributed by atoms with van der Waals surface area (Å²) in [7, 11) is 0. The third-order valence-electron chi connectivity index (χ3n) is 3.09. The molecular weight excluding hydrogens is 224 g/mol. The molecule has 2 heteroatoms. The van der Waals surface area contributed by atoms with E-state index in [1.807, 2.05) is 37.3 Å². The fourth-order valence-electron chi connectivity index (χ4n) is 2.20. The summed E-state index contributed by atoms with van der Waals surface area (Å²) < 4.78 is 5.87. The summed E-state index contributed by atoms with van der Waals surface area (Å²) >= 11 is 0. The van der Waals surface area contributed by atoms with Gasteiger partial charge >= 0.3 is 0 Å². The van der Waals surface area contributed by atoms with E-state index in [0.717, 1.165) is 32.4 Å². The van der Waals surface area contributed by atoms with Gasteiger partial charge in [-0.1, -0.05) is 18.7 Å². The average Bonchev–Trinajstić information content (AvgIpc) is 2.37. The molecule has 0 aliphatic carbocycles. The quantitative estimate of drug-likeness (QED) is 0.560. The molecule has 2 nitrogen and oxygen atoms in total. The molecule has 0 atom stereocenters. The second-order valence-corrected chi connectivity index (χ2v) is 4.29. The van der Waals surface area contributed by atoms with Crippen LogP contribution in [-0.4, -0.2) is 0 Å². The molecule has 1 aromatic heterocycles. The number of hydrogen-bond acceptors (Lipinski definition) is 2. The van der Waals surface area contributed by atoms with Crippen molar-refractivity contribution in [2.75, 3.05) is 0 Å². The van der Waals surface area contributed by atoms with E-state index < -0.39 is 0 Å². The van der Waals surface area contributed by atoms with Gasteiger partial charge < -0.3 is 4.42 Å². The van der Waals surface area contributed by atoms with Gasteiger partial charge in [-0.15, -0.1) is 0 Å². The first-order chi connectivity index (χ1) is 8.69. The van der Waals surface area contributed by atoms with Crippen LogP contribution in [0.25, 0.3) is 34.4 Å². The fraction of sp³-hybridized carbons (Fsp3) is 0.0625. The van der Waals surface area contributed by atoms with Crippen LogP contribution in [0.4, 0.5) is 0 Å². The van der Waals surface area contributed by atoms with Gasteiger partial charge in [-0.3, -0.25) is 4.79 Å². The molecule has 0 N–H and O–H groups in total. The highest BCUT2D eigenvalue weighted by molar-refractivity contribution is 6.03. The van der Waals surface area contributed by atoms with Crippen molar-refractivity contribution in [2.24, 2.45) is 0 Å². The van der Waals surface area contributed by atoms with E-state index in [-0.39, 0.29) is 5.43 Å². The lowest BCUT2D eigenvalue weighted by Gasteiger charge is -2.02. The van der Waals surface area contributed by atoms with Gasteiger partial charge in [0.05, 0.1) is 0 Å². The smallest absolute Gasteiger partial charge is 0.179 e. The molecule has 18 heavy (non-hydrogen) atoms. The number of benzene rings is 2. The van der Waals surface area contributed by atoms with Crippen LogP contribution in [0.5, 0.6) is 0 Å². The van der Waals surface area contributed by atoms with E-state index in [4.69, 9.17) is 4.42 Å². The van der Waals surface area contributed by atoms with E-state index in [1.54, 1.807) is 12.1 Å². The lowest BCUT2D eigenvalue weighted by Crippen LogP contribution is -2.21. The molecule has 88 valence electrons. The highest BCUT2D eigenvalue weighted by Gasteiger charge is 2.03. The van der Waals surface area contributed by atoms with Gasteiger partial charge in [0.1, 0.15) is 11.0 Å². The Kier molecular flexibility index (Phi) is 2.30. The SMILES string of the molecule is C=c1cc2ccc3cc(=O)ccc3c2o/c1=C\C. The van der Waals surface area contributed by atoms with Crippen molar-refractivity contribution in [2.45, 2.75) is 6.92 Å². The summed E-state index contributed by atoms with van der Waals surface area (Å²) in [5.74, 6) is 0. The molecule has 3 rings (SSSR count). The average molecular weight is 236 g/mol. The summed E-state index contributed by atoms with van der Waals surface area (Å²) in [6.07, 6.45) is 1.89. The van der Waals surface area contributed by atoms with Gasteiger partial charge in [-0.25, -0.2) is 0 Å². The van der Waals surface area contributed by atoms with E-state index in [0.29, 0.717) is 0 Å². The Balaban J connectivity index is 2.62. The molecule has 0 aliphatic heterocycles. The van der Waals surface area contributed by atoms with Crippen LogP contribution in [0.15, 0.2) is 45.6 Å². The zero-order valence-electron chi connectivity index (χ0n) is 10.1. The first-order valence-electron chi connectivity index (χ1n) is 5.81. The van der Waals surface area contributed by atoms with E-state index in [1.165, 1.54) is 0 Å². The standard InChI is InChI=1S/C16H12O2/c1-3-15-10(2)8-12-5-4-11-9-13(17)6-7-14(11)16(12)18-15/h3-9H,2H2,1H3/b15-3-. The van der Waals surface area contributed by atoms with Gasteiger partial charge in [0, 0.05) is 16.0 Å². The molecule has 0 unspecified atom stereocenters. The Hall–Kier alpha value is -2.35. The van der Waals surface area contributed by atoms with Gasteiger partial charge in [0.25, 0.3) is 0 Å². The molecule has 2 aromatic carbocycles. The lowest BCUT2D eigenvalue weighted by atomic mass is 10.1. The zero-order chi connectivity index (χ0) is 12.7. The van der Waals surface area contributed by atoms with Crippen LogP contribution in [-0.2, 0) is 0 Å². The van der Waals surface area contributed by atoms with Crippen molar-refractivity contribution >= 4 is 34.4 Å². The Labute approximate surface area is 103 Å². The Bertz CT molecular complexity index is 917. The summed E-state index contributed by atoms with van der Waals surface area (Å²) in [5.41, 5.74) is 1.58. The number of hydrogen-bond donors (Lipinski definition) is 0. The minimum Gasteiger partial charge on any atom is -0.456 e. The minimum absolute atomic E-state index is 0.0119. The molecule has 0 saturated heterocycles. The van der Waals surface area contributed by atoms with Crippen molar-refractivity contribution in [1.29, 1.82) is 0 Å². The lowest BCUT2D eigenvalue weighted by molar-refractivity contribution is 0.563. The maximum atomic E-state index is 11.3. The van der Waals surface area contributed by atoms with E-state index >= 15 is 0 Å². The van der Waals surface area contributed by atoms with Crippen LogP contribution in [0, 0.1) is 0 Å². The van der Waals surface area contributed by atoms with Crippen molar-refractivity contribution < 1.29 is 4.42 Å². The Morgan fingerprint density at radius 2 is 1.89 bits per heavy atom. The molecule has 0 bridgehead atoms. The largest absolute Gasteiger partial charge is 0.456 e. The normalized spacial score (nSPS) is 12.4. The number of fused-ring (bicyclic) bond motifs is 3. The van der Waals surface area contributed by atoms with E-state index in [2.05, 4.69) is 6.58 Å². The van der Waals surface area contributed by atoms with Crippen LogP contribution < -0.4 is 16.1 Å². The van der Waals surface area contributed by atoms with Crippen molar-refractivity contribution in [3.05, 3.63) is 57.3 Å². The second kappa shape index (κ2) is 3.84.